The molecule has 480 valence electrons. The Morgan fingerprint density at radius 3 is 1.46 bits per heavy atom. The normalized spacial score (nSPS) is 13.7. The number of para-hydroxylation sites is 3. The zero-order chi connectivity index (χ0) is 65.8. The van der Waals surface area contributed by atoms with Crippen molar-refractivity contribution in [3.63, 3.8) is 0 Å². The van der Waals surface area contributed by atoms with Gasteiger partial charge in [0.1, 0.15) is 17.0 Å². The fraction of sp³-hybridized carbons (Fsp3) is 0.365. The first-order valence-corrected chi connectivity index (χ1v) is 32.8. The van der Waals surface area contributed by atoms with E-state index in [2.05, 4.69) is 321 Å². The number of rotatable bonds is 7. The molecule has 8 aromatic carbocycles. The number of anilines is 4. The molecule has 4 heterocycles. The molecule has 0 unspecified atom stereocenters. The van der Waals surface area contributed by atoms with Gasteiger partial charge in [-0.1, -0.05) is 223 Å². The van der Waals surface area contributed by atoms with Crippen LogP contribution in [0.5, 0.6) is 11.5 Å². The van der Waals surface area contributed by atoms with Gasteiger partial charge in [-0.05, 0) is 162 Å². The molecule has 0 amide bonds. The van der Waals surface area contributed by atoms with Crippen LogP contribution in [0.2, 0.25) is 0 Å². The molecule has 1 aliphatic heterocycles. The van der Waals surface area contributed by atoms with Crippen LogP contribution >= 0.6 is 0 Å². The molecule has 11 aromatic rings. The van der Waals surface area contributed by atoms with Crippen molar-refractivity contribution < 1.29 is 30.2 Å². The Morgan fingerprint density at radius 2 is 0.935 bits per heavy atom. The Morgan fingerprint density at radius 1 is 0.446 bits per heavy atom. The van der Waals surface area contributed by atoms with Crippen LogP contribution in [-0.2, 0) is 59.0 Å². The average Bonchev–Trinajstić information content (AvgIpc) is 1.51. The van der Waals surface area contributed by atoms with E-state index in [1.54, 1.807) is 0 Å². The molecule has 0 radical (unpaired) electrons. The second-order valence-corrected chi connectivity index (χ2v) is 33.3. The van der Waals surface area contributed by atoms with Crippen LogP contribution < -0.4 is 14.5 Å². The third-order valence-electron chi connectivity index (χ3n) is 19.2. The number of benzene rings is 8. The van der Waals surface area contributed by atoms with Crippen LogP contribution in [0.4, 0.5) is 22.7 Å². The van der Waals surface area contributed by atoms with Gasteiger partial charge in [-0.2, -0.15) is 0 Å². The summed E-state index contributed by atoms with van der Waals surface area (Å²) < 4.78 is 16.6. The van der Waals surface area contributed by atoms with Crippen LogP contribution in [0.15, 0.2) is 138 Å². The molecule has 6 nitrogen and oxygen atoms in total. The van der Waals surface area contributed by atoms with Gasteiger partial charge >= 0.3 is 0 Å². The van der Waals surface area contributed by atoms with E-state index in [0.29, 0.717) is 11.5 Å². The van der Waals surface area contributed by atoms with Gasteiger partial charge in [0.05, 0.1) is 0 Å². The van der Waals surface area contributed by atoms with Crippen molar-refractivity contribution in [1.82, 2.24) is 9.55 Å². The minimum Gasteiger partial charge on any atom is -0.509 e. The van der Waals surface area contributed by atoms with Crippen LogP contribution in [0.1, 0.15) is 201 Å². The van der Waals surface area contributed by atoms with Crippen molar-refractivity contribution in [2.24, 2.45) is 0 Å². The number of fused-ring (bicyclic) bond motifs is 8. The van der Waals surface area contributed by atoms with Gasteiger partial charge in [0, 0.05) is 83.2 Å². The average molecular weight is 1400 g/mol. The molecule has 3 aromatic heterocycles. The van der Waals surface area contributed by atoms with Crippen molar-refractivity contribution >= 4 is 66.5 Å². The number of aromatic nitrogens is 2. The Hall–Kier alpha value is -7.40. The monoisotopic (exact) mass is 1400 g/mol. The molecule has 0 atom stereocenters. The number of ether oxygens (including phenoxy) is 1. The van der Waals surface area contributed by atoms with Crippen molar-refractivity contribution in [3.05, 3.63) is 208 Å². The summed E-state index contributed by atoms with van der Waals surface area (Å²) >= 11 is 0. The molecule has 92 heavy (non-hydrogen) atoms. The number of pyridine rings is 1. The number of nitrogens with zero attached hydrogens (tertiary/aromatic N) is 4. The molecule has 7 heteroatoms. The van der Waals surface area contributed by atoms with Gasteiger partial charge in [0.2, 0.25) is 0 Å². The maximum absolute atomic E-state index is 7.39. The summed E-state index contributed by atoms with van der Waals surface area (Å²) in [6, 6.07) is 55.3. The Labute approximate surface area is 564 Å². The minimum absolute atomic E-state index is 0. The van der Waals surface area contributed by atoms with E-state index in [0.717, 1.165) is 83.4 Å². The van der Waals surface area contributed by atoms with Crippen molar-refractivity contribution in [3.8, 4) is 39.6 Å². The molecule has 1 aliphatic rings. The predicted octanol–water partition coefficient (Wildman–Crippen LogP) is 24.2. The van der Waals surface area contributed by atoms with Crippen molar-refractivity contribution in [2.75, 3.05) is 9.80 Å². The molecule has 0 N–H and O–H groups in total. The number of furan rings is 1. The van der Waals surface area contributed by atoms with Crippen LogP contribution in [0, 0.1) is 39.6 Å². The van der Waals surface area contributed by atoms with Crippen LogP contribution in [0.25, 0.3) is 71.8 Å². The van der Waals surface area contributed by atoms with E-state index in [4.69, 9.17) is 14.1 Å². The molecular formula is C85H95N4O2Pt-3. The second kappa shape index (κ2) is 22.7. The SMILES string of the molecule is Cc1c(C)c(-c2cc(C(C)(C)C)cc(C(C)(C)C)c2)c(N2[CH-]N(c3[c-]c(Oc4[c-]c5c(c(C(C)(C)C)c4)c4c6oc7ccccc7c6ccc4n5-c4cc(C(C)(C)C)ccn4)cc(C(C)(C)C)c3)c3ccccc32)c(-c2cc(C(C)(C)C)cc(C(C)(C)C)c2)c1C.[Pt]. The molecule has 0 saturated carbocycles. The first kappa shape index (κ1) is 66.1. The molecule has 0 aliphatic carbocycles. The minimum atomic E-state index is -0.339. The van der Waals surface area contributed by atoms with E-state index in [1.165, 1.54) is 66.8 Å². The van der Waals surface area contributed by atoms with E-state index >= 15 is 0 Å². The number of hydrogen-bond donors (Lipinski definition) is 0. The molecule has 12 rings (SSSR count). The van der Waals surface area contributed by atoms with Gasteiger partial charge in [0.25, 0.3) is 0 Å². The quantitative estimate of drug-likeness (QED) is 0.149. The van der Waals surface area contributed by atoms with Gasteiger partial charge in [-0.3, -0.25) is 0 Å². The third-order valence-corrected chi connectivity index (χ3v) is 19.2. The van der Waals surface area contributed by atoms with E-state index < -0.39 is 0 Å². The standard InChI is InChI=1S/C85H95N4O2.Pt/c1-50-51(2)73(53-37-56(80(7,8)9)41-57(38-53)81(10,11)12)77(74(52(50)3)54-39-58(82(13,14)15)42-59(40-54)83(16,17)18)88-49-87(67-30-26-27-31-68(67)88)61-43-60(84(19,20)21)44-62(46-61)90-63-47-66(85(22,23)24)75-70(48-63)89(72-45-55(35-36-86-72)79(4,5)6)69-34-33-65-64-29-25-28-32-71(64)91-78(65)76(69)75;/h25-45,47,49H,1-24H3;/q-3;. The molecule has 0 bridgehead atoms. The first-order valence-electron chi connectivity index (χ1n) is 32.8. The van der Waals surface area contributed by atoms with E-state index in [-0.39, 0.29) is 59.0 Å². The third kappa shape index (κ3) is 11.8. The summed E-state index contributed by atoms with van der Waals surface area (Å²) in [6.45, 7) is 57.9. The van der Waals surface area contributed by atoms with Crippen LogP contribution in [0.3, 0.4) is 0 Å². The molecular weight excluding hydrogens is 1300 g/mol. The van der Waals surface area contributed by atoms with Gasteiger partial charge in [-0.25, -0.2) is 4.98 Å². The molecule has 0 saturated heterocycles. The summed E-state index contributed by atoms with van der Waals surface area (Å²) in [6.07, 6.45) is 1.94. The first-order chi connectivity index (χ1) is 42.3. The molecule has 0 spiro atoms. The largest absolute Gasteiger partial charge is 0.509 e. The second-order valence-electron chi connectivity index (χ2n) is 33.3. The summed E-state index contributed by atoms with van der Waals surface area (Å²) in [5.74, 6) is 2.00. The maximum Gasteiger partial charge on any atom is 0.135 e. The van der Waals surface area contributed by atoms with Crippen LogP contribution in [-0.4, -0.2) is 9.55 Å². The van der Waals surface area contributed by atoms with Crippen molar-refractivity contribution in [2.45, 2.75) is 204 Å². The van der Waals surface area contributed by atoms with Gasteiger partial charge < -0.3 is 23.5 Å². The Balaban J connectivity index is 0.00000867. The van der Waals surface area contributed by atoms with E-state index in [1.807, 2.05) is 12.3 Å². The van der Waals surface area contributed by atoms with E-state index in [9.17, 15) is 0 Å². The predicted molar refractivity (Wildman–Crippen MR) is 387 cm³/mol. The topological polar surface area (TPSA) is 46.7 Å². The summed E-state index contributed by atoms with van der Waals surface area (Å²) in [7, 11) is 0. The zero-order valence-corrected chi connectivity index (χ0v) is 61.5. The summed E-state index contributed by atoms with van der Waals surface area (Å²) in [4.78, 5) is 9.96. The van der Waals surface area contributed by atoms with Gasteiger partial charge in [-0.15, -0.1) is 53.8 Å². The molecule has 0 fully saturated rings. The smallest absolute Gasteiger partial charge is 0.135 e. The summed E-state index contributed by atoms with van der Waals surface area (Å²) in [5, 5.41) is 4.27. The fourth-order valence-corrected chi connectivity index (χ4v) is 13.3. The van der Waals surface area contributed by atoms with Crippen molar-refractivity contribution in [1.29, 1.82) is 0 Å². The fourth-order valence-electron chi connectivity index (χ4n) is 13.3. The summed E-state index contributed by atoms with van der Waals surface area (Å²) in [5.41, 5.74) is 24.1. The zero-order valence-electron chi connectivity index (χ0n) is 59.2. The van der Waals surface area contributed by atoms with Gasteiger partial charge in [0.15, 0.2) is 0 Å². The Bertz CT molecular complexity index is 4560. The number of hydrogen-bond acceptors (Lipinski definition) is 5. The Kier molecular flexibility index (Phi) is 16.3. The maximum atomic E-state index is 7.39.